The summed E-state index contributed by atoms with van der Waals surface area (Å²) in [7, 11) is -0.972. The fourth-order valence-electron chi connectivity index (χ4n) is 3.54. The van der Waals surface area contributed by atoms with Crippen molar-refractivity contribution >= 4 is 15.9 Å². The molecule has 3 saturated heterocycles. The van der Waals surface area contributed by atoms with Crippen molar-refractivity contribution in [2.75, 3.05) is 44.7 Å². The molecule has 2 amide bonds. The van der Waals surface area contributed by atoms with Gasteiger partial charge >= 0.3 is 6.03 Å². The maximum absolute atomic E-state index is 11.6. The van der Waals surface area contributed by atoms with Gasteiger partial charge in [-0.1, -0.05) is 0 Å². The SMILES string of the molecule is CN1C(=O)N[C@@H]2C[N+]3(CC[C@@H]21)CCS(=O)(=O)CC3.[Cl-]. The van der Waals surface area contributed by atoms with Crippen LogP contribution in [0.2, 0.25) is 0 Å². The van der Waals surface area contributed by atoms with Gasteiger partial charge in [0.1, 0.15) is 12.6 Å². The Morgan fingerprint density at radius 2 is 1.89 bits per heavy atom. The average Bonchev–Trinajstić information content (AvgIpc) is 2.59. The van der Waals surface area contributed by atoms with E-state index >= 15 is 0 Å². The fraction of sp³-hybridized carbons (Fsp3) is 0.909. The van der Waals surface area contributed by atoms with Crippen LogP contribution in [0.1, 0.15) is 6.42 Å². The van der Waals surface area contributed by atoms with Gasteiger partial charge in [-0.15, -0.1) is 0 Å². The van der Waals surface area contributed by atoms with Crippen LogP contribution in [0.4, 0.5) is 4.79 Å². The number of likely N-dealkylation sites (N-methyl/N-ethyl adjacent to an activating group) is 1. The maximum atomic E-state index is 11.6. The Hall–Kier alpha value is -0.530. The molecule has 2 atom stereocenters. The van der Waals surface area contributed by atoms with E-state index in [2.05, 4.69) is 5.32 Å². The first-order valence-electron chi connectivity index (χ1n) is 6.50. The number of nitrogens with zero attached hydrogens (tertiary/aromatic N) is 2. The first-order chi connectivity index (χ1) is 8.41. The second kappa shape index (κ2) is 4.79. The molecule has 1 spiro atoms. The van der Waals surface area contributed by atoms with Crippen LogP contribution in [0.3, 0.4) is 0 Å². The number of piperidine rings is 1. The molecular weight excluding hydrogens is 290 g/mol. The molecule has 0 aliphatic carbocycles. The van der Waals surface area contributed by atoms with Crippen LogP contribution in [-0.4, -0.2) is 80.6 Å². The van der Waals surface area contributed by atoms with E-state index < -0.39 is 9.84 Å². The summed E-state index contributed by atoms with van der Waals surface area (Å²) in [4.78, 5) is 13.4. The smallest absolute Gasteiger partial charge is 0.317 e. The highest BCUT2D eigenvalue weighted by molar-refractivity contribution is 7.91. The van der Waals surface area contributed by atoms with Gasteiger partial charge in [-0.05, 0) is 0 Å². The molecule has 0 aromatic heterocycles. The van der Waals surface area contributed by atoms with Gasteiger partial charge in [0.25, 0.3) is 0 Å². The number of fused-ring (bicyclic) bond motifs is 1. The number of rotatable bonds is 0. The van der Waals surface area contributed by atoms with Crippen LogP contribution in [-0.2, 0) is 9.84 Å². The number of carbonyl (C=O) groups excluding carboxylic acids is 1. The largest absolute Gasteiger partial charge is 1.00 e. The molecule has 110 valence electrons. The van der Waals surface area contributed by atoms with Gasteiger partial charge in [0.05, 0.1) is 37.2 Å². The quantitative estimate of drug-likeness (QED) is 0.464. The van der Waals surface area contributed by atoms with Crippen molar-refractivity contribution < 1.29 is 30.1 Å². The number of halogens is 1. The van der Waals surface area contributed by atoms with Gasteiger partial charge < -0.3 is 27.1 Å². The van der Waals surface area contributed by atoms with Gasteiger partial charge in [-0.3, -0.25) is 0 Å². The number of carbonyl (C=O) groups is 1. The highest BCUT2D eigenvalue weighted by Crippen LogP contribution is 2.28. The summed E-state index contributed by atoms with van der Waals surface area (Å²) in [6.45, 7) is 3.31. The van der Waals surface area contributed by atoms with Crippen LogP contribution >= 0.6 is 0 Å². The number of amides is 2. The summed E-state index contributed by atoms with van der Waals surface area (Å²) in [5.74, 6) is 0.600. The molecule has 0 aromatic carbocycles. The number of sulfone groups is 1. The van der Waals surface area contributed by atoms with E-state index in [1.165, 1.54) is 0 Å². The van der Waals surface area contributed by atoms with Crippen LogP contribution in [0, 0.1) is 0 Å². The van der Waals surface area contributed by atoms with Gasteiger partial charge in [0, 0.05) is 13.5 Å². The summed E-state index contributed by atoms with van der Waals surface area (Å²) in [6, 6.07) is 0.492. The minimum Gasteiger partial charge on any atom is -1.00 e. The lowest BCUT2D eigenvalue weighted by Crippen LogP contribution is -3.00. The lowest BCUT2D eigenvalue weighted by atomic mass is 9.97. The summed E-state index contributed by atoms with van der Waals surface area (Å²) in [6.07, 6.45) is 0.972. The second-order valence-corrected chi connectivity index (χ2v) is 8.17. The summed E-state index contributed by atoms with van der Waals surface area (Å²) >= 11 is 0. The van der Waals surface area contributed by atoms with E-state index in [4.69, 9.17) is 0 Å². The van der Waals surface area contributed by atoms with Crippen LogP contribution in [0.5, 0.6) is 0 Å². The third-order valence-electron chi connectivity index (χ3n) is 4.83. The molecule has 19 heavy (non-hydrogen) atoms. The normalized spacial score (nSPS) is 35.4. The highest BCUT2D eigenvalue weighted by Gasteiger charge is 2.49. The minimum atomic E-state index is -2.82. The van der Waals surface area contributed by atoms with Gasteiger partial charge in [0.15, 0.2) is 9.84 Å². The molecule has 0 aromatic rings. The van der Waals surface area contributed by atoms with Crippen molar-refractivity contribution in [2.45, 2.75) is 18.5 Å². The molecule has 3 aliphatic rings. The summed E-state index contributed by atoms with van der Waals surface area (Å²) in [5.41, 5.74) is 0. The molecular formula is C11H20ClN3O3S. The van der Waals surface area contributed by atoms with Gasteiger partial charge in [-0.25, -0.2) is 13.2 Å². The third-order valence-corrected chi connectivity index (χ3v) is 6.44. The molecule has 0 radical (unpaired) electrons. The van der Waals surface area contributed by atoms with Crippen LogP contribution < -0.4 is 17.7 Å². The molecule has 6 nitrogen and oxygen atoms in total. The zero-order chi connectivity index (χ0) is 13.0. The second-order valence-electron chi connectivity index (χ2n) is 5.87. The van der Waals surface area contributed by atoms with E-state index in [0.717, 1.165) is 24.0 Å². The Labute approximate surface area is 120 Å². The lowest BCUT2D eigenvalue weighted by molar-refractivity contribution is -0.930. The highest BCUT2D eigenvalue weighted by atomic mass is 35.5. The molecule has 3 aliphatic heterocycles. The molecule has 3 heterocycles. The van der Waals surface area contributed by atoms with E-state index in [-0.39, 0.29) is 24.5 Å². The van der Waals surface area contributed by atoms with Gasteiger partial charge in [-0.2, -0.15) is 0 Å². The molecule has 1 N–H and O–H groups in total. The molecule has 0 unspecified atom stereocenters. The zero-order valence-corrected chi connectivity index (χ0v) is 12.6. The predicted molar refractivity (Wildman–Crippen MR) is 66.9 cm³/mol. The fourth-order valence-corrected chi connectivity index (χ4v) is 5.07. The molecule has 8 heteroatoms. The molecule has 0 bridgehead atoms. The van der Waals surface area contributed by atoms with Crippen molar-refractivity contribution in [2.24, 2.45) is 0 Å². The van der Waals surface area contributed by atoms with Gasteiger partial charge in [0.2, 0.25) is 0 Å². The topological polar surface area (TPSA) is 66.5 Å². The first kappa shape index (κ1) is 14.9. The first-order valence-corrected chi connectivity index (χ1v) is 8.32. The maximum Gasteiger partial charge on any atom is 0.317 e. The Bertz CT molecular complexity index is 468. The predicted octanol–water partition coefficient (Wildman–Crippen LogP) is -3.97. The summed E-state index contributed by atoms with van der Waals surface area (Å²) in [5, 5.41) is 3.02. The standard InChI is InChI=1S/C11H19N3O3S.ClH/c1-13-10-2-3-14(8-9(10)12-11(13)15)4-6-18(16,17)7-5-14;/h9-10H,2-8H2,1H3;1H/t9-,10+;/m1./s1. The number of hydrogen-bond acceptors (Lipinski definition) is 3. The minimum absolute atomic E-state index is 0. The number of urea groups is 1. The van der Waals surface area contributed by atoms with Crippen LogP contribution in [0.15, 0.2) is 0 Å². The van der Waals surface area contributed by atoms with E-state index in [1.54, 1.807) is 4.90 Å². The average molecular weight is 310 g/mol. The van der Waals surface area contributed by atoms with E-state index in [9.17, 15) is 13.2 Å². The molecule has 3 fully saturated rings. The number of hydrogen-bond donors (Lipinski definition) is 1. The van der Waals surface area contributed by atoms with Crippen molar-refractivity contribution in [3.63, 3.8) is 0 Å². The number of quaternary nitrogens is 1. The Kier molecular flexibility index (Phi) is 3.75. The third kappa shape index (κ3) is 2.55. The van der Waals surface area contributed by atoms with Crippen molar-refractivity contribution in [3.05, 3.63) is 0 Å². The molecule has 0 saturated carbocycles. The van der Waals surface area contributed by atoms with E-state index in [0.29, 0.717) is 30.6 Å². The molecule has 3 rings (SSSR count). The van der Waals surface area contributed by atoms with Crippen molar-refractivity contribution in [1.82, 2.24) is 10.2 Å². The monoisotopic (exact) mass is 309 g/mol. The summed E-state index contributed by atoms with van der Waals surface area (Å²) < 4.78 is 23.9. The Morgan fingerprint density at radius 1 is 1.26 bits per heavy atom. The lowest BCUT2D eigenvalue weighted by Gasteiger charge is -2.47. The van der Waals surface area contributed by atoms with Crippen molar-refractivity contribution in [1.29, 1.82) is 0 Å². The number of nitrogens with one attached hydrogen (secondary N) is 1. The Morgan fingerprint density at radius 3 is 2.53 bits per heavy atom. The van der Waals surface area contributed by atoms with Crippen LogP contribution in [0.25, 0.3) is 0 Å². The van der Waals surface area contributed by atoms with Crippen molar-refractivity contribution in [3.8, 4) is 0 Å². The zero-order valence-electron chi connectivity index (χ0n) is 11.0. The van der Waals surface area contributed by atoms with E-state index in [1.807, 2.05) is 7.05 Å². The Balaban J connectivity index is 0.00000133.